The topological polar surface area (TPSA) is 83.8 Å². The van der Waals surface area contributed by atoms with Crippen molar-refractivity contribution in [2.75, 3.05) is 5.32 Å². The summed E-state index contributed by atoms with van der Waals surface area (Å²) in [6, 6.07) is 18.1. The summed E-state index contributed by atoms with van der Waals surface area (Å²) in [5, 5.41) is 14.0. The van der Waals surface area contributed by atoms with E-state index in [0.29, 0.717) is 24.7 Å². The summed E-state index contributed by atoms with van der Waals surface area (Å²) < 4.78 is 0. The van der Waals surface area contributed by atoms with Gasteiger partial charge in [-0.3, -0.25) is 9.97 Å². The summed E-state index contributed by atoms with van der Waals surface area (Å²) in [6.07, 6.45) is 4.53. The number of nitrogens with one attached hydrogen (secondary N) is 1. The van der Waals surface area contributed by atoms with Gasteiger partial charge in [-0.25, -0.2) is 9.97 Å². The molecule has 3 aromatic heterocycles. The van der Waals surface area contributed by atoms with E-state index < -0.39 is 6.10 Å². The fourth-order valence-corrected chi connectivity index (χ4v) is 4.29. The van der Waals surface area contributed by atoms with Gasteiger partial charge in [0.25, 0.3) is 0 Å². The van der Waals surface area contributed by atoms with Crippen LogP contribution in [0, 0.1) is 0 Å². The lowest BCUT2D eigenvalue weighted by molar-refractivity contribution is 0.176. The maximum atomic E-state index is 10.5. The van der Waals surface area contributed by atoms with Crippen molar-refractivity contribution in [3.8, 4) is 22.8 Å². The molecule has 4 aromatic rings. The number of aliphatic hydroxyl groups is 1. The molecular weight excluding hydrogens is 410 g/mol. The number of pyridine rings is 2. The molecule has 0 bridgehead atoms. The maximum Gasteiger partial charge on any atom is 0.162 e. The molecule has 6 heteroatoms. The molecule has 1 unspecified atom stereocenters. The van der Waals surface area contributed by atoms with Crippen LogP contribution < -0.4 is 5.32 Å². The molecule has 3 heterocycles. The lowest BCUT2D eigenvalue weighted by atomic mass is 9.96. The average Bonchev–Trinajstić information content (AvgIpc) is 3.24. The highest BCUT2D eigenvalue weighted by atomic mass is 16.3. The Kier molecular flexibility index (Phi) is 5.84. The minimum atomic E-state index is -0.548. The van der Waals surface area contributed by atoms with Gasteiger partial charge in [-0.15, -0.1) is 0 Å². The molecule has 2 N–H and O–H groups in total. The third kappa shape index (κ3) is 4.34. The monoisotopic (exact) mass is 437 g/mol. The molecule has 0 fully saturated rings. The highest BCUT2D eigenvalue weighted by molar-refractivity contribution is 5.65. The molecule has 0 spiro atoms. The van der Waals surface area contributed by atoms with Crippen LogP contribution in [0.4, 0.5) is 5.82 Å². The first-order chi connectivity index (χ1) is 16.1. The van der Waals surface area contributed by atoms with Crippen LogP contribution in [0.25, 0.3) is 22.8 Å². The summed E-state index contributed by atoms with van der Waals surface area (Å²) in [6.45, 7) is 4.92. The summed E-state index contributed by atoms with van der Waals surface area (Å²) in [5.74, 6) is 1.80. The number of hydrogen-bond donors (Lipinski definition) is 2. The van der Waals surface area contributed by atoms with Crippen LogP contribution in [-0.4, -0.2) is 25.0 Å². The molecule has 0 saturated carbocycles. The fraction of sp³-hybridized carbons (Fsp3) is 0.259. The Hall–Kier alpha value is -3.64. The van der Waals surface area contributed by atoms with Gasteiger partial charge >= 0.3 is 0 Å². The van der Waals surface area contributed by atoms with Crippen LogP contribution in [0.1, 0.15) is 54.7 Å². The summed E-state index contributed by atoms with van der Waals surface area (Å²) in [5.41, 5.74) is 6.70. The molecule has 0 saturated heterocycles. The Bertz CT molecular complexity index is 1260. The Morgan fingerprint density at radius 2 is 1.79 bits per heavy atom. The summed E-state index contributed by atoms with van der Waals surface area (Å²) >= 11 is 0. The van der Waals surface area contributed by atoms with Gasteiger partial charge < -0.3 is 10.4 Å². The molecule has 1 atom stereocenters. The van der Waals surface area contributed by atoms with Gasteiger partial charge in [0, 0.05) is 30.1 Å². The Morgan fingerprint density at radius 1 is 0.970 bits per heavy atom. The first-order valence-corrected chi connectivity index (χ1v) is 11.4. The SMILES string of the molecule is CC(C)c1ccccc1-c1nc(NCc2ccc(-c3ccccn3)nc2)c2c(n1)C(O)CC2. The second-order valence-corrected chi connectivity index (χ2v) is 8.68. The van der Waals surface area contributed by atoms with Crippen LogP contribution in [0.2, 0.25) is 0 Å². The lowest BCUT2D eigenvalue weighted by Crippen LogP contribution is -2.09. The Balaban J connectivity index is 1.43. The van der Waals surface area contributed by atoms with Crippen molar-refractivity contribution in [1.29, 1.82) is 0 Å². The Morgan fingerprint density at radius 3 is 2.55 bits per heavy atom. The molecule has 0 amide bonds. The number of hydrogen-bond acceptors (Lipinski definition) is 6. The highest BCUT2D eigenvalue weighted by Crippen LogP contribution is 2.36. The molecule has 0 radical (unpaired) electrons. The van der Waals surface area contributed by atoms with Gasteiger partial charge in [0.15, 0.2) is 5.82 Å². The predicted molar refractivity (Wildman–Crippen MR) is 130 cm³/mol. The normalized spacial score (nSPS) is 15.0. The van der Waals surface area contributed by atoms with E-state index >= 15 is 0 Å². The van der Waals surface area contributed by atoms with Crippen molar-refractivity contribution in [2.45, 2.75) is 45.3 Å². The van der Waals surface area contributed by atoms with E-state index in [4.69, 9.17) is 9.97 Å². The maximum absolute atomic E-state index is 10.5. The zero-order valence-corrected chi connectivity index (χ0v) is 18.9. The first kappa shape index (κ1) is 21.2. The minimum absolute atomic E-state index is 0.350. The van der Waals surface area contributed by atoms with Crippen molar-refractivity contribution in [3.05, 3.63) is 89.4 Å². The number of fused-ring (bicyclic) bond motifs is 1. The van der Waals surface area contributed by atoms with E-state index in [1.807, 2.05) is 42.6 Å². The van der Waals surface area contributed by atoms with E-state index in [1.165, 1.54) is 5.56 Å². The molecule has 1 aliphatic rings. The van der Waals surface area contributed by atoms with Gasteiger partial charge in [-0.1, -0.05) is 50.2 Å². The minimum Gasteiger partial charge on any atom is -0.387 e. The zero-order valence-electron chi connectivity index (χ0n) is 18.9. The number of aliphatic hydroxyl groups excluding tert-OH is 1. The van der Waals surface area contributed by atoms with E-state index in [2.05, 4.69) is 47.3 Å². The summed E-state index contributed by atoms with van der Waals surface area (Å²) in [4.78, 5) is 18.6. The second-order valence-electron chi connectivity index (χ2n) is 8.68. The smallest absolute Gasteiger partial charge is 0.162 e. The van der Waals surface area contributed by atoms with E-state index in [-0.39, 0.29) is 0 Å². The zero-order chi connectivity index (χ0) is 22.8. The van der Waals surface area contributed by atoms with Gasteiger partial charge in [-0.2, -0.15) is 0 Å². The number of anilines is 1. The molecule has 6 nitrogen and oxygen atoms in total. The molecule has 1 aromatic carbocycles. The van der Waals surface area contributed by atoms with E-state index in [0.717, 1.165) is 46.0 Å². The van der Waals surface area contributed by atoms with Crippen molar-refractivity contribution < 1.29 is 5.11 Å². The predicted octanol–water partition coefficient (Wildman–Crippen LogP) is 5.32. The van der Waals surface area contributed by atoms with Crippen molar-refractivity contribution >= 4 is 5.82 Å². The van der Waals surface area contributed by atoms with E-state index in [9.17, 15) is 5.11 Å². The third-order valence-electron chi connectivity index (χ3n) is 6.06. The number of aromatic nitrogens is 4. The van der Waals surface area contributed by atoms with Gasteiger partial charge in [0.05, 0.1) is 23.2 Å². The van der Waals surface area contributed by atoms with Crippen molar-refractivity contribution in [3.63, 3.8) is 0 Å². The summed E-state index contributed by atoms with van der Waals surface area (Å²) in [7, 11) is 0. The lowest BCUT2D eigenvalue weighted by Gasteiger charge is -2.16. The Labute approximate surface area is 193 Å². The number of nitrogens with zero attached hydrogens (tertiary/aromatic N) is 4. The van der Waals surface area contributed by atoms with Crippen molar-refractivity contribution in [1.82, 2.24) is 19.9 Å². The van der Waals surface area contributed by atoms with Crippen LogP contribution in [0.5, 0.6) is 0 Å². The van der Waals surface area contributed by atoms with Crippen LogP contribution in [-0.2, 0) is 13.0 Å². The molecule has 166 valence electrons. The number of rotatable bonds is 6. The fourth-order valence-electron chi connectivity index (χ4n) is 4.29. The van der Waals surface area contributed by atoms with Gasteiger partial charge in [0.1, 0.15) is 5.82 Å². The quantitative estimate of drug-likeness (QED) is 0.425. The molecule has 33 heavy (non-hydrogen) atoms. The largest absolute Gasteiger partial charge is 0.387 e. The molecule has 5 rings (SSSR count). The molecular formula is C27H27N5O. The first-order valence-electron chi connectivity index (χ1n) is 11.4. The third-order valence-corrected chi connectivity index (χ3v) is 6.06. The van der Waals surface area contributed by atoms with Crippen molar-refractivity contribution in [2.24, 2.45) is 0 Å². The van der Waals surface area contributed by atoms with Crippen LogP contribution >= 0.6 is 0 Å². The van der Waals surface area contributed by atoms with Crippen LogP contribution in [0.15, 0.2) is 67.0 Å². The van der Waals surface area contributed by atoms with Crippen LogP contribution in [0.3, 0.4) is 0 Å². The second kappa shape index (κ2) is 9.08. The molecule has 0 aliphatic heterocycles. The average molecular weight is 438 g/mol. The number of benzene rings is 1. The standard InChI is InChI=1S/C27H27N5O/c1-17(2)19-7-3-4-8-20(19)27-31-25-21(11-13-24(25)33)26(32-27)30-16-18-10-12-23(29-15-18)22-9-5-6-14-28-22/h3-10,12,14-15,17,24,33H,11,13,16H2,1-2H3,(H,30,31,32). The van der Waals surface area contributed by atoms with Gasteiger partial charge in [0.2, 0.25) is 0 Å². The highest BCUT2D eigenvalue weighted by Gasteiger charge is 2.27. The molecule has 1 aliphatic carbocycles. The van der Waals surface area contributed by atoms with E-state index in [1.54, 1.807) is 6.20 Å². The van der Waals surface area contributed by atoms with Gasteiger partial charge in [-0.05, 0) is 48.1 Å².